The van der Waals surface area contributed by atoms with Gasteiger partial charge in [-0.05, 0) is 197 Å². The molecule has 4 heteroatoms. The summed E-state index contributed by atoms with van der Waals surface area (Å²) in [6.07, 6.45) is 0. The van der Waals surface area contributed by atoms with Crippen molar-refractivity contribution in [1.29, 1.82) is 0 Å². The summed E-state index contributed by atoms with van der Waals surface area (Å²) in [4.78, 5) is 4.92. The highest BCUT2D eigenvalue weighted by molar-refractivity contribution is 6.33. The molecule has 0 saturated heterocycles. The molecule has 0 radical (unpaired) electrons. The maximum absolute atomic E-state index is 6.97. The molecule has 0 bridgehead atoms. The van der Waals surface area contributed by atoms with Gasteiger partial charge in [0.2, 0.25) is 0 Å². The summed E-state index contributed by atoms with van der Waals surface area (Å²) in [5, 5.41) is 9.07. The van der Waals surface area contributed by atoms with Crippen LogP contribution < -0.4 is 9.80 Å². The minimum absolute atomic E-state index is 0.316. The molecule has 4 nitrogen and oxygen atoms in total. The van der Waals surface area contributed by atoms with Crippen LogP contribution in [0, 0.1) is 13.8 Å². The van der Waals surface area contributed by atoms with Crippen molar-refractivity contribution in [3.05, 3.63) is 301 Å². The highest BCUT2D eigenvalue weighted by Crippen LogP contribution is 2.66. The normalized spacial score (nSPS) is 12.0. The van der Waals surface area contributed by atoms with Gasteiger partial charge in [0.1, 0.15) is 11.2 Å². The fourth-order valence-electron chi connectivity index (χ4n) is 14.9. The molecule has 1 aliphatic carbocycles. The molecule has 2 aromatic heterocycles. The Morgan fingerprint density at radius 2 is 0.576 bits per heavy atom. The van der Waals surface area contributed by atoms with Crippen LogP contribution in [0.2, 0.25) is 0 Å². The van der Waals surface area contributed by atoms with E-state index in [-0.39, 0.29) is 0 Å². The zero-order chi connectivity index (χ0) is 61.9. The first-order valence-corrected chi connectivity index (χ1v) is 32.3. The van der Waals surface area contributed by atoms with Crippen molar-refractivity contribution in [2.24, 2.45) is 0 Å². The summed E-state index contributed by atoms with van der Waals surface area (Å²) in [5.41, 5.74) is 29.1. The van der Waals surface area contributed by atoms with Crippen LogP contribution in [0.4, 0.5) is 34.1 Å². The van der Waals surface area contributed by atoms with E-state index in [4.69, 9.17) is 8.83 Å². The number of fused-ring (bicyclic) bond motifs is 12. The van der Waals surface area contributed by atoms with E-state index >= 15 is 0 Å². The van der Waals surface area contributed by atoms with E-state index in [1.54, 1.807) is 0 Å². The summed E-state index contributed by atoms with van der Waals surface area (Å²) < 4.78 is 13.9. The van der Waals surface area contributed by atoms with E-state index in [2.05, 4.69) is 330 Å². The molecule has 0 unspecified atom stereocenters. The molecule has 0 saturated carbocycles. The van der Waals surface area contributed by atoms with Gasteiger partial charge in [-0.25, -0.2) is 0 Å². The lowest BCUT2D eigenvalue weighted by Crippen LogP contribution is -2.14. The molecule has 440 valence electrons. The van der Waals surface area contributed by atoms with Crippen LogP contribution in [0.3, 0.4) is 0 Å². The second-order valence-electron chi connectivity index (χ2n) is 25.5. The number of anilines is 6. The second-order valence-corrected chi connectivity index (χ2v) is 25.5. The van der Waals surface area contributed by atoms with Gasteiger partial charge in [0, 0.05) is 44.3 Å². The summed E-state index contributed by atoms with van der Waals surface area (Å²) in [5.74, 6) is 0.633. The topological polar surface area (TPSA) is 32.8 Å². The second kappa shape index (κ2) is 21.8. The van der Waals surface area contributed by atoms with Gasteiger partial charge < -0.3 is 18.6 Å². The van der Waals surface area contributed by atoms with Crippen LogP contribution in [-0.4, -0.2) is 0 Å². The first-order chi connectivity index (χ1) is 45.2. The summed E-state index contributed by atoms with van der Waals surface area (Å²) in [6.45, 7) is 13.6. The van der Waals surface area contributed by atoms with Crippen molar-refractivity contribution in [3.8, 4) is 66.8 Å². The zero-order valence-electron chi connectivity index (χ0n) is 52.4. The molecule has 0 fully saturated rings. The SMILES string of the molecule is Cc1ccc(C(C)C)cc1N(c1ccc2c(-c3ccccc3)c3c(c(-c4ccccc4)c2c1)-c1c-3c(-c2ccccc2)c2cc(N(c3cc(C(C)C)ccc3C)c3cccc4c3oc3ccccc34)ccc2c1-c1ccccc1)c1cccc2c1oc1ccccc12. The molecule has 0 amide bonds. The van der Waals surface area contributed by atoms with E-state index in [9.17, 15) is 0 Å². The van der Waals surface area contributed by atoms with Crippen LogP contribution in [-0.2, 0) is 0 Å². The Morgan fingerprint density at radius 1 is 0.250 bits per heavy atom. The van der Waals surface area contributed by atoms with Crippen molar-refractivity contribution >= 4 is 99.5 Å². The van der Waals surface area contributed by atoms with Gasteiger partial charge in [0.25, 0.3) is 0 Å². The van der Waals surface area contributed by atoms with Gasteiger partial charge in [0.05, 0.1) is 11.4 Å². The Kier molecular flexibility index (Phi) is 13.0. The number of hydrogen-bond acceptors (Lipinski definition) is 4. The Morgan fingerprint density at radius 3 is 0.935 bits per heavy atom. The lowest BCUT2D eigenvalue weighted by Gasteiger charge is -2.38. The van der Waals surface area contributed by atoms with Crippen LogP contribution >= 0.6 is 0 Å². The fraction of sp³-hybridized carbons (Fsp3) is 0.0909. The first-order valence-electron chi connectivity index (χ1n) is 32.3. The molecular formula is C88H66N2O2. The van der Waals surface area contributed by atoms with E-state index in [1.807, 2.05) is 0 Å². The van der Waals surface area contributed by atoms with E-state index in [0.29, 0.717) is 11.8 Å². The lowest BCUT2D eigenvalue weighted by molar-refractivity contribution is 0.668. The van der Waals surface area contributed by atoms with Crippen molar-refractivity contribution in [2.75, 3.05) is 9.80 Å². The molecule has 92 heavy (non-hydrogen) atoms. The molecule has 2 heterocycles. The molecule has 17 rings (SSSR count). The van der Waals surface area contributed by atoms with Crippen LogP contribution in [0.15, 0.2) is 288 Å². The molecule has 0 atom stereocenters. The van der Waals surface area contributed by atoms with Crippen LogP contribution in [0.1, 0.15) is 61.8 Å². The molecule has 14 aromatic carbocycles. The van der Waals surface area contributed by atoms with E-state index in [1.165, 1.54) is 88.3 Å². The Labute approximate surface area is 536 Å². The largest absolute Gasteiger partial charge is 0.454 e. The Bertz CT molecular complexity index is 5240. The minimum atomic E-state index is 0.316. The van der Waals surface area contributed by atoms with Gasteiger partial charge in [-0.1, -0.05) is 246 Å². The van der Waals surface area contributed by atoms with Crippen LogP contribution in [0.25, 0.3) is 132 Å². The first kappa shape index (κ1) is 54.9. The van der Waals surface area contributed by atoms with Gasteiger partial charge >= 0.3 is 0 Å². The number of hydrogen-bond donors (Lipinski definition) is 0. The molecular weight excluding hydrogens is 1120 g/mol. The monoisotopic (exact) mass is 1180 g/mol. The Hall–Kier alpha value is -11.2. The zero-order valence-corrected chi connectivity index (χ0v) is 52.4. The third kappa shape index (κ3) is 8.65. The summed E-state index contributed by atoms with van der Waals surface area (Å²) in [7, 11) is 0. The third-order valence-electron chi connectivity index (χ3n) is 19.4. The third-order valence-corrected chi connectivity index (χ3v) is 19.4. The minimum Gasteiger partial charge on any atom is -0.454 e. The maximum atomic E-state index is 6.97. The average molecular weight is 1180 g/mol. The van der Waals surface area contributed by atoms with Crippen molar-refractivity contribution in [3.63, 3.8) is 0 Å². The number of benzene rings is 14. The van der Waals surface area contributed by atoms with Gasteiger partial charge in [-0.2, -0.15) is 0 Å². The molecule has 0 aliphatic heterocycles. The predicted octanol–water partition coefficient (Wildman–Crippen LogP) is 25.9. The maximum Gasteiger partial charge on any atom is 0.159 e. The van der Waals surface area contributed by atoms with E-state index in [0.717, 1.165) is 100 Å². The lowest BCUT2D eigenvalue weighted by atomic mass is 9.65. The smallest absolute Gasteiger partial charge is 0.159 e. The standard InChI is InChI=1S/C88H66N2O2/c1-53(2)61-43-41-55(5)75(49-61)89(73-37-23-35-69-65-33-19-21-39-77(65)91-87(69)73)63-45-47-67-71(51-63)81(59-29-15-9-16-30-59)85-83(79(67)57-25-11-7-12-26-57)86-82(60-31-17-10-18-32-60)72-52-64(46-48-68(72)80(84(85)86)58-27-13-8-14-28-58)90(76-50-62(54(3)4)44-42-56(76)6)74-38-24-36-70-66-34-20-22-40-78(66)92-88(70)74/h7-54H,1-6H3. The van der Waals surface area contributed by atoms with Crippen molar-refractivity contribution < 1.29 is 8.83 Å². The van der Waals surface area contributed by atoms with E-state index < -0.39 is 0 Å². The van der Waals surface area contributed by atoms with Gasteiger partial charge in [-0.15, -0.1) is 0 Å². The number of rotatable bonds is 12. The highest BCUT2D eigenvalue weighted by Gasteiger charge is 2.39. The molecule has 0 spiro atoms. The highest BCUT2D eigenvalue weighted by atomic mass is 16.3. The number of nitrogens with zero attached hydrogens (tertiary/aromatic N) is 2. The number of para-hydroxylation sites is 4. The average Bonchev–Trinajstić information content (AvgIpc) is 0.766. The fourth-order valence-corrected chi connectivity index (χ4v) is 14.9. The summed E-state index contributed by atoms with van der Waals surface area (Å²) in [6, 6.07) is 103. The van der Waals surface area contributed by atoms with Gasteiger partial charge in [0.15, 0.2) is 11.2 Å². The quantitative estimate of drug-likeness (QED) is 0.122. The van der Waals surface area contributed by atoms with Crippen molar-refractivity contribution in [1.82, 2.24) is 0 Å². The number of aryl methyl sites for hydroxylation is 2. The summed E-state index contributed by atoms with van der Waals surface area (Å²) >= 11 is 0. The molecule has 1 aliphatic rings. The van der Waals surface area contributed by atoms with Gasteiger partial charge in [-0.3, -0.25) is 0 Å². The van der Waals surface area contributed by atoms with Crippen LogP contribution in [0.5, 0.6) is 0 Å². The predicted molar refractivity (Wildman–Crippen MR) is 389 cm³/mol. The van der Waals surface area contributed by atoms with Crippen molar-refractivity contribution in [2.45, 2.75) is 53.4 Å². The molecule has 0 N–H and O–H groups in total. The Balaban J connectivity index is 1.00. The molecule has 16 aromatic rings. The number of furan rings is 2.